The van der Waals surface area contributed by atoms with E-state index >= 15 is 0 Å². The maximum Gasteiger partial charge on any atom is 0.262 e. The summed E-state index contributed by atoms with van der Waals surface area (Å²) in [7, 11) is -3.90. The number of nitrogens with zero attached hydrogens (tertiary/aromatic N) is 2. The van der Waals surface area contributed by atoms with E-state index in [1.54, 1.807) is 0 Å². The van der Waals surface area contributed by atoms with E-state index in [1.807, 2.05) is 56.5 Å². The summed E-state index contributed by atoms with van der Waals surface area (Å²) in [5.74, 6) is -2.84. The van der Waals surface area contributed by atoms with Crippen molar-refractivity contribution in [2.45, 2.75) is 94.7 Å². The number of carbonyl (C=O) groups excluding carboxylic acids is 4. The molecule has 2 aromatic carbocycles. The van der Waals surface area contributed by atoms with E-state index in [0.29, 0.717) is 29.9 Å². The SMILES string of the molecule is C=C[C@@H]1CC1(NC(=O)C1CC2CN1C(=O)[C@H](C(C)(C)C)NC(=O)c1sccc1CCC/C=C/c1ccc3c(c1)/C(=N/O2)c1ccccc1-3)C(=O)NS(=O)(=O)C1CC1. The molecule has 3 aromatic rings. The van der Waals surface area contributed by atoms with Crippen molar-refractivity contribution in [2.24, 2.45) is 16.5 Å². The minimum Gasteiger partial charge on any atom is -0.390 e. The molecule has 298 valence electrons. The molecule has 5 atom stereocenters. The molecule has 2 aliphatic heterocycles. The second-order valence-corrected chi connectivity index (χ2v) is 19.7. The summed E-state index contributed by atoms with van der Waals surface area (Å²) in [6.07, 6.45) is 8.41. The van der Waals surface area contributed by atoms with Crippen LogP contribution < -0.4 is 15.4 Å². The van der Waals surface area contributed by atoms with Crippen molar-refractivity contribution in [1.29, 1.82) is 0 Å². The molecule has 5 aliphatic rings. The molecule has 57 heavy (non-hydrogen) atoms. The quantitative estimate of drug-likeness (QED) is 0.222. The molecule has 0 spiro atoms. The Hall–Kier alpha value is -5.08. The molecule has 3 fully saturated rings. The number of sulfonamides is 1. The third kappa shape index (κ3) is 7.45. The second-order valence-electron chi connectivity index (χ2n) is 16.8. The molecule has 2 saturated carbocycles. The van der Waals surface area contributed by atoms with Gasteiger partial charge in [0, 0.05) is 23.5 Å². The number of carbonyl (C=O) groups is 4. The van der Waals surface area contributed by atoms with Crippen LogP contribution >= 0.6 is 11.3 Å². The van der Waals surface area contributed by atoms with Crippen molar-refractivity contribution >= 4 is 56.8 Å². The first-order valence-electron chi connectivity index (χ1n) is 19.5. The number of allylic oxidation sites excluding steroid dienone is 1. The Morgan fingerprint density at radius 1 is 1.07 bits per heavy atom. The van der Waals surface area contributed by atoms with Gasteiger partial charge in [-0.2, -0.15) is 0 Å². The maximum absolute atomic E-state index is 14.8. The smallest absolute Gasteiger partial charge is 0.262 e. The monoisotopic (exact) mass is 809 g/mol. The van der Waals surface area contributed by atoms with Crippen molar-refractivity contribution in [2.75, 3.05) is 6.54 Å². The van der Waals surface area contributed by atoms with Crippen LogP contribution in [-0.4, -0.2) is 78.2 Å². The van der Waals surface area contributed by atoms with E-state index in [9.17, 15) is 27.6 Å². The van der Waals surface area contributed by atoms with Gasteiger partial charge in [-0.1, -0.05) is 80.6 Å². The fourth-order valence-electron chi connectivity index (χ4n) is 8.15. The van der Waals surface area contributed by atoms with Crippen LogP contribution in [0.25, 0.3) is 17.2 Å². The van der Waals surface area contributed by atoms with Crippen molar-refractivity contribution in [1.82, 2.24) is 20.3 Å². The molecule has 3 aliphatic carbocycles. The Morgan fingerprint density at radius 3 is 2.54 bits per heavy atom. The second kappa shape index (κ2) is 14.7. The fraction of sp³-hybridized carbons (Fsp3) is 0.419. The van der Waals surface area contributed by atoms with E-state index in [4.69, 9.17) is 9.99 Å². The maximum atomic E-state index is 14.8. The number of fused-ring (bicyclic) bond motifs is 7. The molecule has 3 heterocycles. The minimum atomic E-state index is -3.90. The largest absolute Gasteiger partial charge is 0.390 e. The number of benzene rings is 2. The molecule has 8 rings (SSSR count). The predicted octanol–water partition coefficient (Wildman–Crippen LogP) is 5.33. The van der Waals surface area contributed by atoms with Gasteiger partial charge < -0.3 is 20.4 Å². The van der Waals surface area contributed by atoms with Gasteiger partial charge in [0.25, 0.3) is 11.8 Å². The molecule has 3 unspecified atom stereocenters. The standard InChI is InChI=1S/C43H47N5O7S2/c1-5-27-23-43(27,41(52)47-57(53,54)29-16-17-29)45-38(49)34-22-28-24-48(34)40(51)37(42(2,3)4)44-39(50)36-26(19-20-56-36)12-8-6-7-11-25-15-18-31-30-13-9-10-14-32(30)35(46-55-28)33(31)21-25/h5,7,9-11,13-15,18-21,27-29,34,37H,1,6,8,12,16-17,22-24H2,2-4H3,(H,44,50)(H,45,49)(H,47,52)/b11-7+,46-35+/t27-,28?,34?,37-,43?/m1/s1. The Kier molecular flexibility index (Phi) is 10.00. The molecule has 0 radical (unpaired) electrons. The van der Waals surface area contributed by atoms with Crippen LogP contribution in [-0.2, 0) is 35.7 Å². The van der Waals surface area contributed by atoms with Gasteiger partial charge in [0.1, 0.15) is 29.4 Å². The highest BCUT2D eigenvalue weighted by molar-refractivity contribution is 7.91. The van der Waals surface area contributed by atoms with Crippen molar-refractivity contribution in [3.05, 3.63) is 99.8 Å². The Bertz CT molecular complexity index is 2340. The van der Waals surface area contributed by atoms with Crippen LogP contribution in [0, 0.1) is 11.3 Å². The van der Waals surface area contributed by atoms with E-state index in [2.05, 4.69) is 52.3 Å². The van der Waals surface area contributed by atoms with E-state index < -0.39 is 68.1 Å². The molecular formula is C43H47N5O7S2. The van der Waals surface area contributed by atoms with Crippen LogP contribution in [0.5, 0.6) is 0 Å². The summed E-state index contributed by atoms with van der Waals surface area (Å²) in [6.45, 7) is 9.33. The fourth-order valence-corrected chi connectivity index (χ4v) is 10.4. The molecule has 4 amide bonds. The molecular weight excluding hydrogens is 763 g/mol. The molecule has 12 nitrogen and oxygen atoms in total. The topological polar surface area (TPSA) is 163 Å². The highest BCUT2D eigenvalue weighted by atomic mass is 32.2. The number of aryl methyl sites for hydroxylation is 1. The van der Waals surface area contributed by atoms with E-state index in [-0.39, 0.29) is 25.3 Å². The minimum absolute atomic E-state index is 0.0299. The lowest BCUT2D eigenvalue weighted by molar-refractivity contribution is -0.142. The first-order valence-corrected chi connectivity index (χ1v) is 22.0. The summed E-state index contributed by atoms with van der Waals surface area (Å²) < 4.78 is 27.8. The van der Waals surface area contributed by atoms with Crippen LogP contribution in [0.1, 0.15) is 91.2 Å². The molecule has 1 saturated heterocycles. The lowest BCUT2D eigenvalue weighted by atomic mass is 9.85. The summed E-state index contributed by atoms with van der Waals surface area (Å²) in [5, 5.41) is 11.8. The number of nitrogens with one attached hydrogen (secondary N) is 3. The number of hydrogen-bond acceptors (Lipinski definition) is 9. The van der Waals surface area contributed by atoms with Gasteiger partial charge in [0.15, 0.2) is 0 Å². The highest BCUT2D eigenvalue weighted by Crippen LogP contribution is 2.46. The number of hydrogen-bond donors (Lipinski definition) is 3. The third-order valence-electron chi connectivity index (χ3n) is 11.6. The average molecular weight is 810 g/mol. The lowest BCUT2D eigenvalue weighted by Gasteiger charge is -2.35. The Labute approximate surface area is 336 Å². The third-order valence-corrected chi connectivity index (χ3v) is 14.4. The Balaban J connectivity index is 1.16. The molecule has 14 heteroatoms. The van der Waals surface area contributed by atoms with Gasteiger partial charge in [-0.05, 0) is 83.7 Å². The van der Waals surface area contributed by atoms with Gasteiger partial charge >= 0.3 is 0 Å². The van der Waals surface area contributed by atoms with Crippen molar-refractivity contribution in [3.8, 4) is 11.1 Å². The number of thiophene rings is 1. The lowest BCUT2D eigenvalue weighted by Crippen LogP contribution is -2.60. The van der Waals surface area contributed by atoms with Crippen LogP contribution in [0.4, 0.5) is 0 Å². The van der Waals surface area contributed by atoms with E-state index in [1.165, 1.54) is 22.3 Å². The average Bonchev–Trinajstić information content (AvgIpc) is 4.02. The highest BCUT2D eigenvalue weighted by Gasteiger charge is 2.62. The normalized spacial score (nSPS) is 27.4. The molecule has 4 bridgehead atoms. The summed E-state index contributed by atoms with van der Waals surface area (Å²) in [6, 6.07) is 14.0. The van der Waals surface area contributed by atoms with Gasteiger partial charge in [0.05, 0.1) is 16.7 Å². The number of oxime groups is 1. The summed E-state index contributed by atoms with van der Waals surface area (Å²) in [4.78, 5) is 65.0. The zero-order chi connectivity index (χ0) is 40.3. The van der Waals surface area contributed by atoms with Crippen LogP contribution in [0.3, 0.4) is 0 Å². The summed E-state index contributed by atoms with van der Waals surface area (Å²) in [5.41, 5.74) is 4.07. The first-order chi connectivity index (χ1) is 27.2. The van der Waals surface area contributed by atoms with Gasteiger partial charge in [-0.15, -0.1) is 17.9 Å². The zero-order valence-corrected chi connectivity index (χ0v) is 33.9. The summed E-state index contributed by atoms with van der Waals surface area (Å²) >= 11 is 1.32. The zero-order valence-electron chi connectivity index (χ0n) is 32.2. The van der Waals surface area contributed by atoms with Crippen LogP contribution in [0.15, 0.2) is 77.8 Å². The van der Waals surface area contributed by atoms with Gasteiger partial charge in [-0.25, -0.2) is 8.42 Å². The van der Waals surface area contributed by atoms with Gasteiger partial charge in [-0.3, -0.25) is 23.9 Å². The molecule has 1 aromatic heterocycles. The number of amides is 4. The number of rotatable bonds is 6. The van der Waals surface area contributed by atoms with Gasteiger partial charge in [0.2, 0.25) is 21.8 Å². The predicted molar refractivity (Wildman–Crippen MR) is 219 cm³/mol. The molecule has 3 N–H and O–H groups in total. The van der Waals surface area contributed by atoms with E-state index in [0.717, 1.165) is 46.2 Å². The van der Waals surface area contributed by atoms with Crippen molar-refractivity contribution < 1.29 is 32.4 Å². The first kappa shape index (κ1) is 38.8. The van der Waals surface area contributed by atoms with Crippen LogP contribution in [0.2, 0.25) is 0 Å². The Morgan fingerprint density at radius 2 is 1.82 bits per heavy atom. The van der Waals surface area contributed by atoms with Crippen molar-refractivity contribution in [3.63, 3.8) is 0 Å².